The van der Waals surface area contributed by atoms with E-state index in [1.807, 2.05) is 0 Å². The lowest BCUT2D eigenvalue weighted by atomic mass is 10.3. The van der Waals surface area contributed by atoms with Crippen molar-refractivity contribution in [2.75, 3.05) is 44.7 Å². The fourth-order valence-corrected chi connectivity index (χ4v) is 3.20. The van der Waals surface area contributed by atoms with E-state index >= 15 is 0 Å². The van der Waals surface area contributed by atoms with Gasteiger partial charge in [-0.3, -0.25) is 18.9 Å². The highest BCUT2D eigenvalue weighted by molar-refractivity contribution is 6.08. The molecule has 4 rings (SSSR count). The molecule has 0 unspecified atom stereocenters. The number of aryl methyl sites for hydroxylation is 1. The van der Waals surface area contributed by atoms with Gasteiger partial charge in [0.05, 0.1) is 18.7 Å². The number of carbonyl (C=O) groups is 2. The van der Waals surface area contributed by atoms with Crippen LogP contribution in [0.3, 0.4) is 0 Å². The smallest absolute Gasteiger partial charge is 0.287 e. The van der Waals surface area contributed by atoms with Gasteiger partial charge in [-0.1, -0.05) is 11.2 Å². The lowest BCUT2D eigenvalue weighted by Crippen LogP contribution is -2.41. The van der Waals surface area contributed by atoms with E-state index in [1.54, 1.807) is 41.8 Å². The van der Waals surface area contributed by atoms with E-state index in [2.05, 4.69) is 25.7 Å². The van der Waals surface area contributed by atoms with Crippen LogP contribution in [-0.2, 0) is 4.74 Å². The van der Waals surface area contributed by atoms with Crippen LogP contribution in [0.1, 0.15) is 26.9 Å². The molecule has 4 heterocycles. The molecule has 0 atom stereocenters. The SMILES string of the molecule is Cc1cc(NC(=O)c2nc(C(=O)NCCN3CCOCC3)n3ccccc23)no1. The van der Waals surface area contributed by atoms with Gasteiger partial charge in [0.15, 0.2) is 11.5 Å². The summed E-state index contributed by atoms with van der Waals surface area (Å²) in [6.45, 7) is 6.08. The average molecular weight is 398 g/mol. The zero-order valence-corrected chi connectivity index (χ0v) is 16.1. The second-order valence-electron chi connectivity index (χ2n) is 6.73. The standard InChI is InChI=1S/C19H22N6O4/c1-13-12-15(23-29-13)21-18(26)16-14-4-2-3-6-25(14)17(22-16)19(27)20-5-7-24-8-10-28-11-9-24/h2-4,6,12H,5,7-11H2,1H3,(H,20,27)(H,21,23,26). The lowest BCUT2D eigenvalue weighted by Gasteiger charge is -2.26. The molecule has 1 saturated heterocycles. The van der Waals surface area contributed by atoms with Gasteiger partial charge in [0.1, 0.15) is 5.76 Å². The summed E-state index contributed by atoms with van der Waals surface area (Å²) >= 11 is 0. The van der Waals surface area contributed by atoms with Crippen LogP contribution in [0.25, 0.3) is 5.52 Å². The Balaban J connectivity index is 1.49. The maximum Gasteiger partial charge on any atom is 0.287 e. The molecule has 0 saturated carbocycles. The van der Waals surface area contributed by atoms with E-state index in [-0.39, 0.29) is 17.4 Å². The van der Waals surface area contributed by atoms with E-state index in [1.165, 1.54) is 0 Å². The quantitative estimate of drug-likeness (QED) is 0.635. The average Bonchev–Trinajstić information content (AvgIpc) is 3.32. The minimum atomic E-state index is -0.464. The van der Waals surface area contributed by atoms with Crippen LogP contribution in [0.5, 0.6) is 0 Å². The van der Waals surface area contributed by atoms with Crippen LogP contribution < -0.4 is 10.6 Å². The first-order chi connectivity index (χ1) is 14.1. The number of hydrogen-bond donors (Lipinski definition) is 2. The summed E-state index contributed by atoms with van der Waals surface area (Å²) in [6, 6.07) is 6.91. The number of aromatic nitrogens is 3. The predicted molar refractivity (Wildman–Crippen MR) is 104 cm³/mol. The molecule has 1 aliphatic rings. The number of anilines is 1. The van der Waals surface area contributed by atoms with Crippen molar-refractivity contribution in [3.63, 3.8) is 0 Å². The molecule has 10 nitrogen and oxygen atoms in total. The van der Waals surface area contributed by atoms with E-state index in [0.29, 0.717) is 36.9 Å². The number of hydrogen-bond acceptors (Lipinski definition) is 7. The molecule has 152 valence electrons. The number of pyridine rings is 1. The molecule has 2 amide bonds. The summed E-state index contributed by atoms with van der Waals surface area (Å²) in [4.78, 5) is 31.9. The van der Waals surface area contributed by atoms with E-state index < -0.39 is 5.91 Å². The zero-order chi connectivity index (χ0) is 20.2. The van der Waals surface area contributed by atoms with Crippen molar-refractivity contribution < 1.29 is 18.8 Å². The molecule has 0 aliphatic carbocycles. The normalized spacial score (nSPS) is 14.8. The number of fused-ring (bicyclic) bond motifs is 1. The molecule has 29 heavy (non-hydrogen) atoms. The summed E-state index contributed by atoms with van der Waals surface area (Å²) in [5, 5.41) is 9.27. The Bertz CT molecular complexity index is 1020. The van der Waals surface area contributed by atoms with Crippen molar-refractivity contribution in [2.45, 2.75) is 6.92 Å². The van der Waals surface area contributed by atoms with E-state index in [0.717, 1.165) is 19.6 Å². The third-order valence-electron chi connectivity index (χ3n) is 4.65. The van der Waals surface area contributed by atoms with Crippen molar-refractivity contribution in [3.8, 4) is 0 Å². The maximum absolute atomic E-state index is 12.7. The fourth-order valence-electron chi connectivity index (χ4n) is 3.20. The first-order valence-corrected chi connectivity index (χ1v) is 9.42. The molecule has 1 fully saturated rings. The molecular weight excluding hydrogens is 376 g/mol. The van der Waals surface area contributed by atoms with Crippen LogP contribution in [0.4, 0.5) is 5.82 Å². The van der Waals surface area contributed by atoms with Crippen molar-refractivity contribution >= 4 is 23.1 Å². The van der Waals surface area contributed by atoms with Gasteiger partial charge in [0.25, 0.3) is 11.8 Å². The number of carbonyl (C=O) groups excluding carboxylic acids is 2. The number of imidazole rings is 1. The van der Waals surface area contributed by atoms with Crippen molar-refractivity contribution in [1.29, 1.82) is 0 Å². The molecular formula is C19H22N6O4. The van der Waals surface area contributed by atoms with Gasteiger partial charge in [-0.05, 0) is 19.1 Å². The van der Waals surface area contributed by atoms with Crippen LogP contribution in [0, 0.1) is 6.92 Å². The molecule has 3 aromatic rings. The van der Waals surface area contributed by atoms with Crippen LogP contribution in [0.2, 0.25) is 0 Å². The van der Waals surface area contributed by atoms with Crippen LogP contribution >= 0.6 is 0 Å². The molecule has 0 aromatic carbocycles. The predicted octanol–water partition coefficient (Wildman–Crippen LogP) is 0.945. The Morgan fingerprint density at radius 1 is 1.21 bits per heavy atom. The molecule has 2 N–H and O–H groups in total. The topological polar surface area (TPSA) is 114 Å². The second kappa shape index (κ2) is 8.41. The summed E-state index contributed by atoms with van der Waals surface area (Å²) < 4.78 is 11.9. The summed E-state index contributed by atoms with van der Waals surface area (Å²) in [7, 11) is 0. The Kier molecular flexibility index (Phi) is 5.54. The third-order valence-corrected chi connectivity index (χ3v) is 4.65. The number of amides is 2. The summed E-state index contributed by atoms with van der Waals surface area (Å²) in [5.74, 6) is 0.227. The van der Waals surface area contributed by atoms with Gasteiger partial charge < -0.3 is 19.9 Å². The second-order valence-corrected chi connectivity index (χ2v) is 6.73. The van der Waals surface area contributed by atoms with Gasteiger partial charge in [0.2, 0.25) is 5.82 Å². The zero-order valence-electron chi connectivity index (χ0n) is 16.1. The number of nitrogens with zero attached hydrogens (tertiary/aromatic N) is 4. The summed E-state index contributed by atoms with van der Waals surface area (Å²) in [6.07, 6.45) is 1.70. The van der Waals surface area contributed by atoms with E-state index in [9.17, 15) is 9.59 Å². The lowest BCUT2D eigenvalue weighted by molar-refractivity contribution is 0.0383. The van der Waals surface area contributed by atoms with Crippen molar-refractivity contribution in [2.24, 2.45) is 0 Å². The van der Waals surface area contributed by atoms with Gasteiger partial charge >= 0.3 is 0 Å². The molecule has 10 heteroatoms. The Labute approximate surface area is 166 Å². The number of rotatable bonds is 6. The first kappa shape index (κ1) is 19.1. The highest BCUT2D eigenvalue weighted by Crippen LogP contribution is 2.16. The van der Waals surface area contributed by atoms with Crippen molar-refractivity contribution in [1.82, 2.24) is 24.8 Å². The number of ether oxygens (including phenoxy) is 1. The minimum absolute atomic E-state index is 0.143. The van der Waals surface area contributed by atoms with Gasteiger partial charge in [-0.2, -0.15) is 0 Å². The molecule has 0 spiro atoms. The Morgan fingerprint density at radius 2 is 2.03 bits per heavy atom. The van der Waals surface area contributed by atoms with E-state index in [4.69, 9.17) is 9.26 Å². The van der Waals surface area contributed by atoms with Gasteiger partial charge in [0, 0.05) is 38.4 Å². The van der Waals surface area contributed by atoms with Gasteiger partial charge in [-0.25, -0.2) is 4.98 Å². The van der Waals surface area contributed by atoms with Crippen LogP contribution in [-0.4, -0.2) is 70.6 Å². The monoisotopic (exact) mass is 398 g/mol. The summed E-state index contributed by atoms with van der Waals surface area (Å²) in [5.41, 5.74) is 0.674. The molecule has 0 bridgehead atoms. The number of morpholine rings is 1. The Hall–Kier alpha value is -3.24. The number of nitrogens with one attached hydrogen (secondary N) is 2. The third kappa shape index (κ3) is 4.28. The maximum atomic E-state index is 12.7. The molecule has 1 aliphatic heterocycles. The minimum Gasteiger partial charge on any atom is -0.379 e. The van der Waals surface area contributed by atoms with Crippen molar-refractivity contribution in [3.05, 3.63) is 47.7 Å². The highest BCUT2D eigenvalue weighted by atomic mass is 16.5. The molecule has 3 aromatic heterocycles. The molecule has 0 radical (unpaired) electrons. The first-order valence-electron chi connectivity index (χ1n) is 9.42. The highest BCUT2D eigenvalue weighted by Gasteiger charge is 2.22. The fraction of sp³-hybridized carbons (Fsp3) is 0.368. The Morgan fingerprint density at radius 3 is 2.79 bits per heavy atom. The van der Waals surface area contributed by atoms with Gasteiger partial charge in [-0.15, -0.1) is 0 Å². The van der Waals surface area contributed by atoms with Crippen LogP contribution in [0.15, 0.2) is 35.0 Å². The largest absolute Gasteiger partial charge is 0.379 e.